The molecule has 0 saturated carbocycles. The van der Waals surface area contributed by atoms with Crippen molar-refractivity contribution in [1.82, 2.24) is 4.98 Å². The van der Waals surface area contributed by atoms with Crippen LogP contribution < -0.4 is 0 Å². The predicted octanol–water partition coefficient (Wildman–Crippen LogP) is 2.77. The van der Waals surface area contributed by atoms with Crippen molar-refractivity contribution in [2.75, 3.05) is 7.11 Å². The van der Waals surface area contributed by atoms with Crippen molar-refractivity contribution >= 4 is 17.6 Å². The molecule has 0 atom stereocenters. The number of esters is 1. The second-order valence-electron chi connectivity index (χ2n) is 2.81. The third-order valence-electron chi connectivity index (χ3n) is 1.76. The van der Waals surface area contributed by atoms with Crippen molar-refractivity contribution in [3.63, 3.8) is 0 Å². The van der Waals surface area contributed by atoms with Gasteiger partial charge in [-0.1, -0.05) is 11.6 Å². The Labute approximate surface area is 90.0 Å². The third kappa shape index (κ3) is 2.41. The number of hydrogen-bond acceptors (Lipinski definition) is 3. The molecular formula is C9H8ClF2NO2. The fourth-order valence-corrected chi connectivity index (χ4v) is 1.46. The van der Waals surface area contributed by atoms with E-state index in [-0.39, 0.29) is 10.7 Å². The number of carbonyl (C=O) groups is 1. The number of ether oxygens (including phenoxy) is 1. The van der Waals surface area contributed by atoms with Gasteiger partial charge in [0.25, 0.3) is 6.43 Å². The normalized spacial score (nSPS) is 10.5. The molecule has 0 aliphatic carbocycles. The van der Waals surface area contributed by atoms with Gasteiger partial charge in [0, 0.05) is 11.3 Å². The maximum Gasteiger partial charge on any atom is 0.341 e. The Morgan fingerprint density at radius 1 is 1.60 bits per heavy atom. The largest absolute Gasteiger partial charge is 0.465 e. The molecule has 0 N–H and O–H groups in total. The van der Waals surface area contributed by atoms with Crippen LogP contribution >= 0.6 is 11.6 Å². The highest BCUT2D eigenvalue weighted by atomic mass is 35.5. The molecule has 0 aromatic carbocycles. The average Bonchev–Trinajstić information content (AvgIpc) is 2.15. The van der Waals surface area contributed by atoms with Crippen LogP contribution in [0.15, 0.2) is 6.07 Å². The van der Waals surface area contributed by atoms with E-state index in [1.165, 1.54) is 6.92 Å². The van der Waals surface area contributed by atoms with Gasteiger partial charge in [-0.25, -0.2) is 18.6 Å². The number of aromatic nitrogens is 1. The molecule has 1 heterocycles. The molecule has 1 aromatic rings. The van der Waals surface area contributed by atoms with Gasteiger partial charge in [-0.2, -0.15) is 0 Å². The smallest absolute Gasteiger partial charge is 0.341 e. The Kier molecular flexibility index (Phi) is 3.57. The van der Waals surface area contributed by atoms with Gasteiger partial charge in [0.15, 0.2) is 0 Å². The highest BCUT2D eigenvalue weighted by Gasteiger charge is 2.23. The highest BCUT2D eigenvalue weighted by molar-refractivity contribution is 6.32. The number of aryl methyl sites for hydroxylation is 1. The van der Waals surface area contributed by atoms with Crippen LogP contribution in [-0.2, 0) is 4.74 Å². The molecule has 0 saturated heterocycles. The second kappa shape index (κ2) is 4.53. The number of nitrogens with zero attached hydrogens (tertiary/aromatic N) is 1. The van der Waals surface area contributed by atoms with Crippen LogP contribution in [0.5, 0.6) is 0 Å². The minimum absolute atomic E-state index is 0.267. The molecule has 0 bridgehead atoms. The van der Waals surface area contributed by atoms with E-state index >= 15 is 0 Å². The van der Waals surface area contributed by atoms with E-state index < -0.39 is 18.0 Å². The molecule has 1 rings (SSSR count). The highest BCUT2D eigenvalue weighted by Crippen LogP contribution is 2.28. The summed E-state index contributed by atoms with van der Waals surface area (Å²) in [4.78, 5) is 14.9. The molecule has 3 nitrogen and oxygen atoms in total. The molecule has 0 radical (unpaired) electrons. The number of halogens is 3. The minimum atomic E-state index is -2.79. The monoisotopic (exact) mass is 235 g/mol. The topological polar surface area (TPSA) is 39.2 Å². The summed E-state index contributed by atoms with van der Waals surface area (Å²) in [5, 5.41) is -0.267. The summed E-state index contributed by atoms with van der Waals surface area (Å²) in [6.07, 6.45) is -2.79. The fraction of sp³-hybridized carbons (Fsp3) is 0.333. The minimum Gasteiger partial charge on any atom is -0.465 e. The van der Waals surface area contributed by atoms with E-state index in [0.717, 1.165) is 13.2 Å². The summed E-state index contributed by atoms with van der Waals surface area (Å²) < 4.78 is 29.5. The van der Waals surface area contributed by atoms with Gasteiger partial charge in [0.1, 0.15) is 10.7 Å². The molecule has 82 valence electrons. The Bertz CT molecular complexity index is 396. The van der Waals surface area contributed by atoms with Crippen molar-refractivity contribution in [1.29, 1.82) is 0 Å². The lowest BCUT2D eigenvalue weighted by Crippen LogP contribution is -2.09. The molecule has 0 amide bonds. The van der Waals surface area contributed by atoms with E-state index in [2.05, 4.69) is 9.72 Å². The van der Waals surface area contributed by atoms with Gasteiger partial charge in [-0.05, 0) is 13.0 Å². The van der Waals surface area contributed by atoms with Crippen LogP contribution in [0.1, 0.15) is 28.0 Å². The first-order chi connectivity index (χ1) is 6.97. The molecule has 0 unspecified atom stereocenters. The van der Waals surface area contributed by atoms with Gasteiger partial charge in [-0.3, -0.25) is 0 Å². The average molecular weight is 236 g/mol. The summed E-state index contributed by atoms with van der Waals surface area (Å²) in [6.45, 7) is 1.51. The van der Waals surface area contributed by atoms with E-state index in [1.807, 2.05) is 0 Å². The lowest BCUT2D eigenvalue weighted by molar-refractivity contribution is 0.0589. The summed E-state index contributed by atoms with van der Waals surface area (Å²) >= 11 is 5.61. The Hall–Kier alpha value is -1.23. The van der Waals surface area contributed by atoms with Gasteiger partial charge >= 0.3 is 5.97 Å². The molecule has 0 spiro atoms. The molecule has 0 fully saturated rings. The first-order valence-electron chi connectivity index (χ1n) is 4.01. The molecular weight excluding hydrogens is 228 g/mol. The number of alkyl halides is 2. The van der Waals surface area contributed by atoms with Crippen LogP contribution in [0.4, 0.5) is 8.78 Å². The van der Waals surface area contributed by atoms with E-state index in [0.29, 0.717) is 5.69 Å². The lowest BCUT2D eigenvalue weighted by Gasteiger charge is -2.09. The maximum absolute atomic E-state index is 12.6. The molecule has 0 aliphatic rings. The van der Waals surface area contributed by atoms with Crippen LogP contribution in [0.3, 0.4) is 0 Å². The third-order valence-corrected chi connectivity index (χ3v) is 2.03. The van der Waals surface area contributed by atoms with Crippen molar-refractivity contribution in [3.05, 3.63) is 28.0 Å². The maximum atomic E-state index is 12.6. The zero-order valence-electron chi connectivity index (χ0n) is 8.05. The van der Waals surface area contributed by atoms with E-state index in [9.17, 15) is 13.6 Å². The standard InChI is InChI=1S/C9H8ClF2NO2/c1-4-3-5(8(11)12)6(7(10)13-4)9(14)15-2/h3,8H,1-2H3. The number of pyridine rings is 1. The van der Waals surface area contributed by atoms with Gasteiger partial charge in [-0.15, -0.1) is 0 Å². The van der Waals surface area contributed by atoms with Crippen molar-refractivity contribution in [2.45, 2.75) is 13.3 Å². The van der Waals surface area contributed by atoms with E-state index in [1.54, 1.807) is 0 Å². The van der Waals surface area contributed by atoms with Gasteiger partial charge in [0.05, 0.1) is 7.11 Å². The van der Waals surface area contributed by atoms with Gasteiger partial charge < -0.3 is 4.74 Å². The fourth-order valence-electron chi connectivity index (χ4n) is 1.14. The van der Waals surface area contributed by atoms with Crippen LogP contribution in [0, 0.1) is 6.92 Å². The SMILES string of the molecule is COC(=O)c1c(C(F)F)cc(C)nc1Cl. The summed E-state index contributed by atoms with van der Waals surface area (Å²) in [5.74, 6) is -0.914. The van der Waals surface area contributed by atoms with Crippen LogP contribution in [0.25, 0.3) is 0 Å². The van der Waals surface area contributed by atoms with Crippen molar-refractivity contribution in [2.24, 2.45) is 0 Å². The zero-order chi connectivity index (χ0) is 11.6. The summed E-state index contributed by atoms with van der Waals surface area (Å²) in [5.41, 5.74) is -0.512. The quantitative estimate of drug-likeness (QED) is 0.585. The van der Waals surface area contributed by atoms with Crippen LogP contribution in [-0.4, -0.2) is 18.1 Å². The number of methoxy groups -OCH3 is 1. The number of hydrogen-bond donors (Lipinski definition) is 0. The molecule has 1 aromatic heterocycles. The summed E-state index contributed by atoms with van der Waals surface area (Å²) in [7, 11) is 1.09. The molecule has 15 heavy (non-hydrogen) atoms. The van der Waals surface area contributed by atoms with E-state index in [4.69, 9.17) is 11.6 Å². The first-order valence-corrected chi connectivity index (χ1v) is 4.38. The summed E-state index contributed by atoms with van der Waals surface area (Å²) in [6, 6.07) is 1.11. The molecule has 0 aliphatic heterocycles. The zero-order valence-corrected chi connectivity index (χ0v) is 8.81. The van der Waals surface area contributed by atoms with Crippen molar-refractivity contribution < 1.29 is 18.3 Å². The molecule has 6 heteroatoms. The lowest BCUT2D eigenvalue weighted by atomic mass is 10.1. The van der Waals surface area contributed by atoms with Crippen LogP contribution in [0.2, 0.25) is 5.15 Å². The first kappa shape index (κ1) is 11.8. The Balaban J connectivity index is 3.40. The van der Waals surface area contributed by atoms with Gasteiger partial charge in [0.2, 0.25) is 0 Å². The van der Waals surface area contributed by atoms with Crippen molar-refractivity contribution in [3.8, 4) is 0 Å². The predicted molar refractivity (Wildman–Crippen MR) is 50.3 cm³/mol. The Morgan fingerprint density at radius 3 is 2.67 bits per heavy atom. The number of rotatable bonds is 2. The Morgan fingerprint density at radius 2 is 2.20 bits per heavy atom. The second-order valence-corrected chi connectivity index (χ2v) is 3.17. The number of carbonyl (C=O) groups excluding carboxylic acids is 1.